The Balaban J connectivity index is 1.44. The lowest BCUT2D eigenvalue weighted by molar-refractivity contribution is 0.193. The van der Waals surface area contributed by atoms with Crippen LogP contribution in [0, 0.1) is 0 Å². The van der Waals surface area contributed by atoms with Crippen molar-refractivity contribution in [1.82, 2.24) is 36.5 Å². The summed E-state index contributed by atoms with van der Waals surface area (Å²) >= 11 is 0. The van der Waals surface area contributed by atoms with Gasteiger partial charge in [0.2, 0.25) is 0 Å². The van der Waals surface area contributed by atoms with Crippen LogP contribution in [0.15, 0.2) is 35.4 Å². The van der Waals surface area contributed by atoms with E-state index in [-0.39, 0.29) is 6.03 Å². The molecule has 0 spiro atoms. The van der Waals surface area contributed by atoms with Gasteiger partial charge >= 0.3 is 6.03 Å². The van der Waals surface area contributed by atoms with Gasteiger partial charge in [-0.3, -0.25) is 10.5 Å². The molecule has 0 aliphatic carbocycles. The number of urea groups is 1. The van der Waals surface area contributed by atoms with Crippen molar-refractivity contribution < 1.29 is 4.79 Å². The molecule has 25 heavy (non-hydrogen) atoms. The Labute approximate surface area is 145 Å². The summed E-state index contributed by atoms with van der Waals surface area (Å²) in [5, 5.41) is 16.2. The molecule has 1 aromatic carbocycles. The number of hydrazine groups is 2. The second kappa shape index (κ2) is 6.44. The number of aromatic nitrogens is 2. The van der Waals surface area contributed by atoms with E-state index in [1.54, 1.807) is 17.1 Å². The minimum atomic E-state index is -0.107. The molecule has 0 saturated heterocycles. The van der Waals surface area contributed by atoms with Crippen LogP contribution >= 0.6 is 0 Å². The maximum Gasteiger partial charge on any atom is 0.318 e. The number of carbonyl (C=O) groups is 1. The van der Waals surface area contributed by atoms with Crippen LogP contribution in [0.5, 0.6) is 0 Å². The van der Waals surface area contributed by atoms with Gasteiger partial charge in [0, 0.05) is 36.8 Å². The molecule has 2 aliphatic heterocycles. The third kappa shape index (κ3) is 3.13. The third-order valence-corrected chi connectivity index (χ3v) is 4.31. The number of fused-ring (bicyclic) bond motifs is 1. The molecule has 0 bridgehead atoms. The Bertz CT molecular complexity index is 800. The minimum absolute atomic E-state index is 0.107. The van der Waals surface area contributed by atoms with E-state index < -0.39 is 0 Å². The summed E-state index contributed by atoms with van der Waals surface area (Å²) in [5.41, 5.74) is 9.86. The number of aromatic amines is 1. The predicted molar refractivity (Wildman–Crippen MR) is 93.0 cm³/mol. The first kappa shape index (κ1) is 15.5. The number of nitrogens with zero attached hydrogens (tertiary/aromatic N) is 4. The van der Waals surface area contributed by atoms with Crippen LogP contribution in [0.4, 0.5) is 4.79 Å². The van der Waals surface area contributed by atoms with Crippen LogP contribution in [0.2, 0.25) is 0 Å². The number of rotatable bonds is 3. The zero-order valence-corrected chi connectivity index (χ0v) is 13.9. The summed E-state index contributed by atoms with van der Waals surface area (Å²) in [4.78, 5) is 14.3. The second-order valence-electron chi connectivity index (χ2n) is 6.03. The number of hydrogen-bond acceptors (Lipinski definition) is 6. The van der Waals surface area contributed by atoms with Crippen LogP contribution in [0.1, 0.15) is 11.3 Å². The highest BCUT2D eigenvalue weighted by molar-refractivity contribution is 5.88. The van der Waals surface area contributed by atoms with Gasteiger partial charge in [-0.05, 0) is 0 Å². The molecule has 0 saturated carbocycles. The molecule has 0 fully saturated rings. The molecule has 4 N–H and O–H groups in total. The lowest BCUT2D eigenvalue weighted by Gasteiger charge is -2.27. The van der Waals surface area contributed by atoms with E-state index in [0.717, 1.165) is 28.9 Å². The van der Waals surface area contributed by atoms with Crippen molar-refractivity contribution in [3.63, 3.8) is 0 Å². The quantitative estimate of drug-likeness (QED) is 0.649. The van der Waals surface area contributed by atoms with Crippen LogP contribution in [-0.2, 0) is 13.0 Å². The Kier molecular flexibility index (Phi) is 3.98. The number of H-pyrrole nitrogens is 1. The van der Waals surface area contributed by atoms with Crippen LogP contribution in [0.3, 0.4) is 0 Å². The summed E-state index contributed by atoms with van der Waals surface area (Å²) < 4.78 is 0. The Hall–Kier alpha value is -3.07. The van der Waals surface area contributed by atoms with Crippen molar-refractivity contribution in [3.05, 3.63) is 41.6 Å². The minimum Gasteiger partial charge on any atom is -0.331 e. The molecule has 2 aromatic rings. The summed E-state index contributed by atoms with van der Waals surface area (Å²) in [6, 6.07) is 9.92. The van der Waals surface area contributed by atoms with Gasteiger partial charge in [-0.2, -0.15) is 5.10 Å². The molecule has 0 radical (unpaired) electrons. The lowest BCUT2D eigenvalue weighted by Crippen LogP contribution is -2.46. The number of amides is 2. The maximum atomic E-state index is 12.5. The standard InChI is InChI=1S/C16H20N8O/c1-23-21-14(19-22-23)9-17-16(25)24-8-7-13-12(10-24)15(20-18-13)11-5-3-2-4-6-11/h2-6,22H,7-10H2,1H3,(H,17,25)(H,18,20)(H,19,21). The first-order valence-electron chi connectivity index (χ1n) is 8.18. The summed E-state index contributed by atoms with van der Waals surface area (Å²) in [6.45, 7) is 1.55. The molecule has 1 aromatic heterocycles. The summed E-state index contributed by atoms with van der Waals surface area (Å²) in [7, 11) is 1.78. The van der Waals surface area contributed by atoms with Crippen molar-refractivity contribution in [1.29, 1.82) is 0 Å². The third-order valence-electron chi connectivity index (χ3n) is 4.31. The smallest absolute Gasteiger partial charge is 0.318 e. The molecule has 0 unspecified atom stereocenters. The van der Waals surface area contributed by atoms with Gasteiger partial charge in [-0.15, -0.1) is 10.6 Å². The molecular weight excluding hydrogens is 320 g/mol. The Morgan fingerprint density at radius 1 is 1.32 bits per heavy atom. The van der Waals surface area contributed by atoms with Gasteiger partial charge in [0.25, 0.3) is 0 Å². The SMILES string of the molecule is CN1N=C(CNC(=O)N2CCc3[nH]nc(-c4ccccc4)c3C2)NN1. The van der Waals surface area contributed by atoms with E-state index in [1.165, 1.54) is 0 Å². The fourth-order valence-electron chi connectivity index (χ4n) is 3.03. The van der Waals surface area contributed by atoms with E-state index in [1.807, 2.05) is 30.3 Å². The second-order valence-corrected chi connectivity index (χ2v) is 6.03. The molecular formula is C16H20N8O. The van der Waals surface area contributed by atoms with E-state index in [4.69, 9.17) is 0 Å². The largest absolute Gasteiger partial charge is 0.331 e. The lowest BCUT2D eigenvalue weighted by atomic mass is 10.0. The number of benzene rings is 1. The van der Waals surface area contributed by atoms with Gasteiger partial charge < -0.3 is 10.2 Å². The first-order chi connectivity index (χ1) is 12.2. The Morgan fingerprint density at radius 2 is 2.16 bits per heavy atom. The van der Waals surface area contributed by atoms with Crippen LogP contribution in [0.25, 0.3) is 11.3 Å². The highest BCUT2D eigenvalue weighted by Crippen LogP contribution is 2.28. The van der Waals surface area contributed by atoms with E-state index in [9.17, 15) is 4.79 Å². The highest BCUT2D eigenvalue weighted by Gasteiger charge is 2.26. The number of hydrazone groups is 1. The van der Waals surface area contributed by atoms with Gasteiger partial charge in [-0.1, -0.05) is 30.3 Å². The summed E-state index contributed by atoms with van der Waals surface area (Å²) in [5.74, 6) is 0.668. The number of nitrogens with one attached hydrogen (secondary N) is 4. The van der Waals surface area contributed by atoms with Crippen molar-refractivity contribution in [2.45, 2.75) is 13.0 Å². The first-order valence-corrected chi connectivity index (χ1v) is 8.18. The van der Waals surface area contributed by atoms with Gasteiger partial charge in [-0.25, -0.2) is 9.91 Å². The molecule has 130 valence electrons. The van der Waals surface area contributed by atoms with Crippen molar-refractivity contribution in [2.24, 2.45) is 5.10 Å². The molecule has 3 heterocycles. The zero-order valence-electron chi connectivity index (χ0n) is 13.9. The van der Waals surface area contributed by atoms with Crippen LogP contribution in [-0.4, -0.2) is 52.2 Å². The number of carbonyl (C=O) groups excluding carboxylic acids is 1. The average molecular weight is 340 g/mol. The van der Waals surface area contributed by atoms with Gasteiger partial charge in [0.1, 0.15) is 0 Å². The topological polar surface area (TPSA) is 101 Å². The highest BCUT2D eigenvalue weighted by atomic mass is 16.2. The molecule has 2 amide bonds. The van der Waals surface area contributed by atoms with Crippen molar-refractivity contribution in [3.8, 4) is 11.3 Å². The Morgan fingerprint density at radius 3 is 2.92 bits per heavy atom. The van der Waals surface area contributed by atoms with E-state index >= 15 is 0 Å². The van der Waals surface area contributed by atoms with Gasteiger partial charge in [0.05, 0.1) is 18.8 Å². The fraction of sp³-hybridized carbons (Fsp3) is 0.312. The normalized spacial score (nSPS) is 16.3. The molecule has 9 heteroatoms. The van der Waals surface area contributed by atoms with Crippen LogP contribution < -0.4 is 16.3 Å². The van der Waals surface area contributed by atoms with Crippen molar-refractivity contribution >= 4 is 11.9 Å². The molecule has 4 rings (SSSR count). The number of amidine groups is 1. The molecule has 0 atom stereocenters. The average Bonchev–Trinajstić information content (AvgIpc) is 3.26. The molecule has 9 nitrogen and oxygen atoms in total. The predicted octanol–water partition coefficient (Wildman–Crippen LogP) is 0.413. The van der Waals surface area contributed by atoms with Crippen molar-refractivity contribution in [2.75, 3.05) is 20.1 Å². The summed E-state index contributed by atoms with van der Waals surface area (Å²) in [6.07, 6.45) is 0.770. The van der Waals surface area contributed by atoms with Gasteiger partial charge in [0.15, 0.2) is 5.84 Å². The number of hydrogen-bond donors (Lipinski definition) is 4. The van der Waals surface area contributed by atoms with E-state index in [0.29, 0.717) is 25.5 Å². The molecule has 2 aliphatic rings. The maximum absolute atomic E-state index is 12.5. The van der Waals surface area contributed by atoms with E-state index in [2.05, 4.69) is 31.6 Å². The fourth-order valence-corrected chi connectivity index (χ4v) is 3.03. The monoisotopic (exact) mass is 340 g/mol. The zero-order chi connectivity index (χ0) is 17.2.